The zero-order valence-electron chi connectivity index (χ0n) is 10.7. The number of rotatable bonds is 7. The summed E-state index contributed by atoms with van der Waals surface area (Å²) in [4.78, 5) is 20.7. The number of nitrogen functional groups attached to an aromatic ring is 1. The lowest BCUT2D eigenvalue weighted by atomic mass is 10.2. The SMILES string of the molecule is CCCCN(CCCC)C(=O)c1[nH]cnc1N. The fraction of sp³-hybridized carbons (Fsp3) is 0.667. The van der Waals surface area contributed by atoms with Gasteiger partial charge in [-0.2, -0.15) is 0 Å². The number of nitrogens with one attached hydrogen (secondary N) is 1. The van der Waals surface area contributed by atoms with Crippen LogP contribution in [0.3, 0.4) is 0 Å². The van der Waals surface area contributed by atoms with E-state index < -0.39 is 0 Å². The zero-order chi connectivity index (χ0) is 12.7. The number of hydrogen-bond donors (Lipinski definition) is 2. The van der Waals surface area contributed by atoms with E-state index in [2.05, 4.69) is 23.8 Å². The highest BCUT2D eigenvalue weighted by molar-refractivity contribution is 5.96. The van der Waals surface area contributed by atoms with Crippen LogP contribution in [0.4, 0.5) is 5.82 Å². The van der Waals surface area contributed by atoms with Crippen LogP contribution in [-0.4, -0.2) is 33.9 Å². The van der Waals surface area contributed by atoms with Crippen LogP contribution in [0, 0.1) is 0 Å². The van der Waals surface area contributed by atoms with Gasteiger partial charge in [0.15, 0.2) is 5.82 Å². The average Bonchev–Trinajstić information content (AvgIpc) is 2.75. The minimum atomic E-state index is -0.0399. The summed E-state index contributed by atoms with van der Waals surface area (Å²) in [5, 5.41) is 0. The molecule has 0 atom stereocenters. The summed E-state index contributed by atoms with van der Waals surface area (Å²) in [6, 6.07) is 0. The second kappa shape index (κ2) is 6.93. The van der Waals surface area contributed by atoms with Crippen molar-refractivity contribution in [3.63, 3.8) is 0 Å². The number of amides is 1. The van der Waals surface area contributed by atoms with Gasteiger partial charge >= 0.3 is 0 Å². The molecule has 0 unspecified atom stereocenters. The first kappa shape index (κ1) is 13.5. The Bertz CT molecular complexity index is 340. The number of carbonyl (C=O) groups is 1. The third kappa shape index (κ3) is 3.76. The van der Waals surface area contributed by atoms with Gasteiger partial charge < -0.3 is 15.6 Å². The molecule has 0 aliphatic heterocycles. The number of unbranched alkanes of at least 4 members (excludes halogenated alkanes) is 2. The number of carbonyl (C=O) groups excluding carboxylic acids is 1. The van der Waals surface area contributed by atoms with Crippen LogP contribution < -0.4 is 5.73 Å². The number of imidazole rings is 1. The Balaban J connectivity index is 2.68. The van der Waals surface area contributed by atoms with Crippen LogP contribution >= 0.6 is 0 Å². The van der Waals surface area contributed by atoms with Crippen molar-refractivity contribution in [2.75, 3.05) is 18.8 Å². The summed E-state index contributed by atoms with van der Waals surface area (Å²) in [6.45, 7) is 5.81. The monoisotopic (exact) mass is 238 g/mol. The maximum atomic E-state index is 12.2. The average molecular weight is 238 g/mol. The lowest BCUT2D eigenvalue weighted by molar-refractivity contribution is 0.0747. The molecule has 0 saturated carbocycles. The van der Waals surface area contributed by atoms with E-state index >= 15 is 0 Å². The largest absolute Gasteiger partial charge is 0.382 e. The first-order valence-electron chi connectivity index (χ1n) is 6.28. The van der Waals surface area contributed by atoms with Gasteiger partial charge in [-0.1, -0.05) is 26.7 Å². The smallest absolute Gasteiger partial charge is 0.274 e. The number of nitrogens with zero attached hydrogens (tertiary/aromatic N) is 2. The molecule has 0 bridgehead atoms. The lowest BCUT2D eigenvalue weighted by Crippen LogP contribution is -2.33. The summed E-state index contributed by atoms with van der Waals surface area (Å²) in [5.41, 5.74) is 6.06. The molecule has 1 aromatic rings. The van der Waals surface area contributed by atoms with Gasteiger partial charge in [-0.3, -0.25) is 4.79 Å². The van der Waals surface area contributed by atoms with E-state index in [1.54, 1.807) is 0 Å². The van der Waals surface area contributed by atoms with E-state index in [4.69, 9.17) is 5.73 Å². The molecule has 1 amide bonds. The third-order valence-electron chi connectivity index (χ3n) is 2.73. The maximum Gasteiger partial charge on any atom is 0.274 e. The summed E-state index contributed by atoms with van der Waals surface area (Å²) < 4.78 is 0. The molecule has 5 heteroatoms. The molecular weight excluding hydrogens is 216 g/mol. The van der Waals surface area contributed by atoms with Gasteiger partial charge in [-0.25, -0.2) is 4.98 Å². The first-order valence-corrected chi connectivity index (χ1v) is 6.28. The molecule has 0 spiro atoms. The van der Waals surface area contributed by atoms with Crippen LogP contribution in [0.15, 0.2) is 6.33 Å². The number of aromatic amines is 1. The van der Waals surface area contributed by atoms with E-state index in [1.807, 2.05) is 4.90 Å². The Labute approximate surface area is 102 Å². The highest BCUT2D eigenvalue weighted by Gasteiger charge is 2.18. The molecule has 5 nitrogen and oxygen atoms in total. The van der Waals surface area contributed by atoms with Crippen LogP contribution in [0.25, 0.3) is 0 Å². The highest BCUT2D eigenvalue weighted by Crippen LogP contribution is 2.10. The number of aromatic nitrogens is 2. The summed E-state index contributed by atoms with van der Waals surface area (Å²) in [6.07, 6.45) is 5.65. The summed E-state index contributed by atoms with van der Waals surface area (Å²) in [7, 11) is 0. The Hall–Kier alpha value is -1.52. The van der Waals surface area contributed by atoms with Crippen molar-refractivity contribution in [2.45, 2.75) is 39.5 Å². The lowest BCUT2D eigenvalue weighted by Gasteiger charge is -2.21. The van der Waals surface area contributed by atoms with Gasteiger partial charge in [0.1, 0.15) is 5.69 Å². The molecule has 0 saturated heterocycles. The van der Waals surface area contributed by atoms with Crippen molar-refractivity contribution in [1.82, 2.24) is 14.9 Å². The van der Waals surface area contributed by atoms with E-state index in [0.717, 1.165) is 38.8 Å². The number of hydrogen-bond acceptors (Lipinski definition) is 3. The van der Waals surface area contributed by atoms with Crippen LogP contribution in [-0.2, 0) is 0 Å². The van der Waals surface area contributed by atoms with Crippen LogP contribution in [0.1, 0.15) is 50.0 Å². The number of nitrogens with two attached hydrogens (primary N) is 1. The van der Waals surface area contributed by atoms with E-state index in [-0.39, 0.29) is 11.7 Å². The molecule has 17 heavy (non-hydrogen) atoms. The standard InChI is InChI=1S/C12H22N4O/c1-3-5-7-16(8-6-4-2)12(17)10-11(13)15-9-14-10/h9H,3-8,13H2,1-2H3,(H,14,15). The topological polar surface area (TPSA) is 75.0 Å². The van der Waals surface area contributed by atoms with Crippen molar-refractivity contribution in [1.29, 1.82) is 0 Å². The molecule has 0 aliphatic carbocycles. The van der Waals surface area contributed by atoms with Crippen LogP contribution in [0.5, 0.6) is 0 Å². The molecule has 96 valence electrons. The first-order chi connectivity index (χ1) is 8.20. The Morgan fingerprint density at radius 1 is 1.35 bits per heavy atom. The fourth-order valence-electron chi connectivity index (χ4n) is 1.65. The Morgan fingerprint density at radius 2 is 1.94 bits per heavy atom. The quantitative estimate of drug-likeness (QED) is 0.763. The maximum absolute atomic E-state index is 12.2. The van der Waals surface area contributed by atoms with Crippen molar-refractivity contribution in [3.05, 3.63) is 12.0 Å². The van der Waals surface area contributed by atoms with E-state index in [1.165, 1.54) is 6.33 Å². The Morgan fingerprint density at radius 3 is 2.35 bits per heavy atom. The Kier molecular flexibility index (Phi) is 5.52. The van der Waals surface area contributed by atoms with Gasteiger partial charge in [0.05, 0.1) is 6.33 Å². The zero-order valence-corrected chi connectivity index (χ0v) is 10.7. The molecule has 1 rings (SSSR count). The normalized spacial score (nSPS) is 10.5. The van der Waals surface area contributed by atoms with Gasteiger partial charge in [0, 0.05) is 13.1 Å². The fourth-order valence-corrected chi connectivity index (χ4v) is 1.65. The van der Waals surface area contributed by atoms with Gasteiger partial charge in [-0.05, 0) is 12.8 Å². The molecule has 0 aliphatic rings. The molecule has 0 radical (unpaired) electrons. The second-order valence-corrected chi connectivity index (χ2v) is 4.16. The molecule has 0 aromatic carbocycles. The third-order valence-corrected chi connectivity index (χ3v) is 2.73. The number of H-pyrrole nitrogens is 1. The molecule has 3 N–H and O–H groups in total. The minimum Gasteiger partial charge on any atom is -0.382 e. The van der Waals surface area contributed by atoms with Gasteiger partial charge in [0.25, 0.3) is 5.91 Å². The van der Waals surface area contributed by atoms with Gasteiger partial charge in [0.2, 0.25) is 0 Å². The summed E-state index contributed by atoms with van der Waals surface area (Å²) >= 11 is 0. The minimum absolute atomic E-state index is 0.0399. The van der Waals surface area contributed by atoms with E-state index in [9.17, 15) is 4.79 Å². The van der Waals surface area contributed by atoms with Crippen molar-refractivity contribution in [2.24, 2.45) is 0 Å². The highest BCUT2D eigenvalue weighted by atomic mass is 16.2. The summed E-state index contributed by atoms with van der Waals surface area (Å²) in [5.74, 6) is 0.245. The molecule has 1 aromatic heterocycles. The molecule has 1 heterocycles. The second-order valence-electron chi connectivity index (χ2n) is 4.16. The van der Waals surface area contributed by atoms with E-state index in [0.29, 0.717) is 5.69 Å². The van der Waals surface area contributed by atoms with Gasteiger partial charge in [-0.15, -0.1) is 0 Å². The predicted molar refractivity (Wildman–Crippen MR) is 68.7 cm³/mol. The molecule has 0 fully saturated rings. The van der Waals surface area contributed by atoms with Crippen molar-refractivity contribution >= 4 is 11.7 Å². The van der Waals surface area contributed by atoms with Crippen LogP contribution in [0.2, 0.25) is 0 Å². The number of anilines is 1. The van der Waals surface area contributed by atoms with Crippen molar-refractivity contribution in [3.8, 4) is 0 Å². The molecular formula is C12H22N4O. The predicted octanol–water partition coefficient (Wildman–Crippen LogP) is 2.03. The van der Waals surface area contributed by atoms with Crippen molar-refractivity contribution < 1.29 is 4.79 Å².